The van der Waals surface area contributed by atoms with Crippen molar-refractivity contribution in [3.05, 3.63) is 0 Å². The van der Waals surface area contributed by atoms with Gasteiger partial charge in [-0.05, 0) is 45.9 Å². The van der Waals surface area contributed by atoms with Gasteiger partial charge in [0.2, 0.25) is 0 Å². The van der Waals surface area contributed by atoms with Crippen LogP contribution in [0.2, 0.25) is 0 Å². The lowest BCUT2D eigenvalue weighted by Gasteiger charge is -2.32. The first-order chi connectivity index (χ1) is 7.25. The van der Waals surface area contributed by atoms with Crippen LogP contribution < -0.4 is 10.7 Å². The Hall–Kier alpha value is -0.160. The summed E-state index contributed by atoms with van der Waals surface area (Å²) < 4.78 is 0. The van der Waals surface area contributed by atoms with Crippen molar-refractivity contribution in [3.8, 4) is 0 Å². The number of nitrogens with one attached hydrogen (secondary N) is 2. The number of likely N-dealkylation sites (tertiary alicyclic amines) is 1. The first-order valence-electron chi connectivity index (χ1n) is 6.14. The Morgan fingerprint density at radius 2 is 2.00 bits per heavy atom. The molecular weight excluding hydrogens is 188 g/mol. The minimum absolute atomic E-state index is 0.683. The van der Waals surface area contributed by atoms with Gasteiger partial charge in [0, 0.05) is 25.7 Å². The fourth-order valence-electron chi connectivity index (χ4n) is 2.57. The molecule has 1 unspecified atom stereocenters. The molecule has 0 aromatic rings. The van der Waals surface area contributed by atoms with Crippen LogP contribution in [0.3, 0.4) is 0 Å². The van der Waals surface area contributed by atoms with E-state index in [1.165, 1.54) is 32.4 Å². The van der Waals surface area contributed by atoms with Gasteiger partial charge in [-0.1, -0.05) is 0 Å². The van der Waals surface area contributed by atoms with Crippen LogP contribution in [0.1, 0.15) is 19.3 Å². The van der Waals surface area contributed by atoms with E-state index in [0.717, 1.165) is 13.1 Å². The molecule has 4 nitrogen and oxygen atoms in total. The second-order valence-electron chi connectivity index (χ2n) is 4.97. The van der Waals surface area contributed by atoms with Crippen molar-refractivity contribution in [3.63, 3.8) is 0 Å². The SMILES string of the molecule is CN1CCC(N(C)NC2CCNCC2)C1. The topological polar surface area (TPSA) is 30.5 Å². The normalized spacial score (nSPS) is 30.2. The number of hydrogen-bond donors (Lipinski definition) is 2. The van der Waals surface area contributed by atoms with Gasteiger partial charge in [-0.3, -0.25) is 5.43 Å². The Kier molecular flexibility index (Phi) is 3.97. The van der Waals surface area contributed by atoms with Gasteiger partial charge in [0.05, 0.1) is 0 Å². The average Bonchev–Trinajstić information content (AvgIpc) is 2.66. The van der Waals surface area contributed by atoms with E-state index in [0.29, 0.717) is 12.1 Å². The molecule has 0 saturated carbocycles. The van der Waals surface area contributed by atoms with Crippen LogP contribution >= 0.6 is 0 Å². The number of nitrogens with zero attached hydrogens (tertiary/aromatic N) is 2. The van der Waals surface area contributed by atoms with E-state index in [1.807, 2.05) is 0 Å². The van der Waals surface area contributed by atoms with E-state index >= 15 is 0 Å². The predicted octanol–water partition coefficient (Wildman–Crippen LogP) is -0.121. The van der Waals surface area contributed by atoms with Gasteiger partial charge in [-0.2, -0.15) is 0 Å². The molecular formula is C11H24N4. The first-order valence-corrected chi connectivity index (χ1v) is 6.14. The van der Waals surface area contributed by atoms with Crippen LogP contribution in [0.25, 0.3) is 0 Å². The Bertz CT molecular complexity index is 191. The summed E-state index contributed by atoms with van der Waals surface area (Å²) >= 11 is 0. The minimum atomic E-state index is 0.683. The van der Waals surface area contributed by atoms with Gasteiger partial charge in [-0.15, -0.1) is 0 Å². The van der Waals surface area contributed by atoms with Gasteiger partial charge in [0.1, 0.15) is 0 Å². The highest BCUT2D eigenvalue weighted by molar-refractivity contribution is 4.81. The largest absolute Gasteiger partial charge is 0.317 e. The van der Waals surface area contributed by atoms with E-state index in [1.54, 1.807) is 0 Å². The summed E-state index contributed by atoms with van der Waals surface area (Å²) in [5.74, 6) is 0. The van der Waals surface area contributed by atoms with Gasteiger partial charge in [0.25, 0.3) is 0 Å². The quantitative estimate of drug-likeness (QED) is 0.639. The maximum absolute atomic E-state index is 3.65. The molecule has 2 N–H and O–H groups in total. The van der Waals surface area contributed by atoms with E-state index in [-0.39, 0.29) is 0 Å². The lowest BCUT2D eigenvalue weighted by Crippen LogP contribution is -2.51. The molecule has 2 rings (SSSR count). The Labute approximate surface area is 93.0 Å². The number of hydrogen-bond acceptors (Lipinski definition) is 4. The zero-order chi connectivity index (χ0) is 10.7. The second-order valence-corrected chi connectivity index (χ2v) is 4.97. The van der Waals surface area contributed by atoms with Crippen LogP contribution in [0, 0.1) is 0 Å². The Balaban J connectivity index is 1.73. The van der Waals surface area contributed by atoms with Crippen molar-refractivity contribution in [1.82, 2.24) is 20.7 Å². The molecule has 2 fully saturated rings. The maximum atomic E-state index is 3.65. The van der Waals surface area contributed by atoms with E-state index in [9.17, 15) is 0 Å². The predicted molar refractivity (Wildman–Crippen MR) is 62.7 cm³/mol. The Morgan fingerprint density at radius 1 is 1.27 bits per heavy atom. The van der Waals surface area contributed by atoms with Gasteiger partial charge >= 0.3 is 0 Å². The molecule has 88 valence electrons. The molecule has 15 heavy (non-hydrogen) atoms. The van der Waals surface area contributed by atoms with Crippen molar-refractivity contribution in [2.75, 3.05) is 40.3 Å². The van der Waals surface area contributed by atoms with Crippen LogP contribution in [-0.4, -0.2) is 62.3 Å². The van der Waals surface area contributed by atoms with Crippen LogP contribution in [0.4, 0.5) is 0 Å². The third-order valence-electron chi connectivity index (χ3n) is 3.64. The lowest BCUT2D eigenvalue weighted by molar-refractivity contribution is 0.126. The molecule has 2 saturated heterocycles. The smallest absolute Gasteiger partial charge is 0.0379 e. The molecule has 0 aromatic heterocycles. The highest BCUT2D eigenvalue weighted by Crippen LogP contribution is 2.12. The number of likely N-dealkylation sites (N-methyl/N-ethyl adjacent to an activating group) is 2. The third-order valence-corrected chi connectivity index (χ3v) is 3.64. The monoisotopic (exact) mass is 212 g/mol. The third kappa shape index (κ3) is 3.14. The molecule has 0 radical (unpaired) electrons. The standard InChI is InChI=1S/C11H24N4/c1-14-8-5-11(9-14)15(2)13-10-3-6-12-7-4-10/h10-13H,3-9H2,1-2H3. The summed E-state index contributed by atoms with van der Waals surface area (Å²) in [5, 5.41) is 5.74. The first kappa shape index (κ1) is 11.3. The zero-order valence-electron chi connectivity index (χ0n) is 10.00. The molecule has 2 heterocycles. The van der Waals surface area contributed by atoms with Crippen LogP contribution in [0.15, 0.2) is 0 Å². The number of piperidine rings is 1. The highest BCUT2D eigenvalue weighted by atomic mass is 15.5. The van der Waals surface area contributed by atoms with E-state index < -0.39 is 0 Å². The number of rotatable bonds is 3. The average molecular weight is 212 g/mol. The fourth-order valence-corrected chi connectivity index (χ4v) is 2.57. The van der Waals surface area contributed by atoms with E-state index in [2.05, 4.69) is 34.7 Å². The van der Waals surface area contributed by atoms with Gasteiger partial charge < -0.3 is 10.2 Å². The van der Waals surface area contributed by atoms with Crippen LogP contribution in [0.5, 0.6) is 0 Å². The highest BCUT2D eigenvalue weighted by Gasteiger charge is 2.25. The van der Waals surface area contributed by atoms with Crippen molar-refractivity contribution < 1.29 is 0 Å². The van der Waals surface area contributed by atoms with Gasteiger partial charge in [-0.25, -0.2) is 5.01 Å². The zero-order valence-corrected chi connectivity index (χ0v) is 10.00. The molecule has 2 aliphatic heterocycles. The van der Waals surface area contributed by atoms with Crippen LogP contribution in [-0.2, 0) is 0 Å². The maximum Gasteiger partial charge on any atom is 0.0379 e. The summed E-state index contributed by atoms with van der Waals surface area (Å²) in [6.45, 7) is 4.77. The summed E-state index contributed by atoms with van der Waals surface area (Å²) in [6.07, 6.45) is 3.81. The molecule has 4 heteroatoms. The Morgan fingerprint density at radius 3 is 2.60 bits per heavy atom. The number of hydrazine groups is 1. The summed E-state index contributed by atoms with van der Waals surface area (Å²) in [6, 6.07) is 1.38. The molecule has 0 amide bonds. The fraction of sp³-hybridized carbons (Fsp3) is 1.00. The van der Waals surface area contributed by atoms with Crippen molar-refractivity contribution in [1.29, 1.82) is 0 Å². The van der Waals surface area contributed by atoms with Crippen molar-refractivity contribution in [2.45, 2.75) is 31.3 Å². The van der Waals surface area contributed by atoms with E-state index in [4.69, 9.17) is 0 Å². The molecule has 1 atom stereocenters. The van der Waals surface area contributed by atoms with Gasteiger partial charge in [0.15, 0.2) is 0 Å². The summed E-state index contributed by atoms with van der Waals surface area (Å²) in [5.41, 5.74) is 3.65. The van der Waals surface area contributed by atoms with Crippen molar-refractivity contribution >= 4 is 0 Å². The summed E-state index contributed by atoms with van der Waals surface area (Å²) in [7, 11) is 4.41. The summed E-state index contributed by atoms with van der Waals surface area (Å²) in [4.78, 5) is 2.41. The minimum Gasteiger partial charge on any atom is -0.317 e. The second kappa shape index (κ2) is 5.25. The van der Waals surface area contributed by atoms with Crippen molar-refractivity contribution in [2.24, 2.45) is 0 Å². The molecule has 0 spiro atoms. The molecule has 0 bridgehead atoms. The molecule has 0 aliphatic carbocycles. The lowest BCUT2D eigenvalue weighted by atomic mass is 10.1. The molecule has 2 aliphatic rings. The molecule has 0 aromatic carbocycles.